The zero-order valence-corrected chi connectivity index (χ0v) is 14.0. The molecule has 23 heavy (non-hydrogen) atoms. The smallest absolute Gasteiger partial charge is 0.274 e. The molecule has 1 amide bonds. The SMILES string of the molecule is Cc1cc(C(=O)N[C@@H](C)Cc2cccs2)c2c(=O)[nH]n(C)c2n1. The first-order valence-corrected chi connectivity index (χ1v) is 8.23. The van der Waals surface area contributed by atoms with Crippen molar-refractivity contribution in [2.45, 2.75) is 26.3 Å². The molecule has 0 fully saturated rings. The molecule has 2 N–H and O–H groups in total. The largest absolute Gasteiger partial charge is 0.349 e. The average molecular weight is 330 g/mol. The van der Waals surface area contributed by atoms with E-state index >= 15 is 0 Å². The Morgan fingerprint density at radius 1 is 1.52 bits per heavy atom. The van der Waals surface area contributed by atoms with E-state index in [0.29, 0.717) is 22.3 Å². The van der Waals surface area contributed by atoms with Crippen molar-refractivity contribution < 1.29 is 4.79 Å². The lowest BCUT2D eigenvalue weighted by Gasteiger charge is -2.13. The maximum absolute atomic E-state index is 12.6. The zero-order chi connectivity index (χ0) is 16.6. The third-order valence-electron chi connectivity index (χ3n) is 3.65. The molecule has 0 spiro atoms. The topological polar surface area (TPSA) is 79.8 Å². The fraction of sp³-hybridized carbons (Fsp3) is 0.312. The molecule has 0 aliphatic heterocycles. The van der Waals surface area contributed by atoms with Crippen LogP contribution in [0.15, 0.2) is 28.4 Å². The maximum atomic E-state index is 12.6. The van der Waals surface area contributed by atoms with Gasteiger partial charge in [-0.05, 0) is 31.4 Å². The summed E-state index contributed by atoms with van der Waals surface area (Å²) in [7, 11) is 1.71. The van der Waals surface area contributed by atoms with Gasteiger partial charge in [-0.15, -0.1) is 11.3 Å². The molecule has 120 valence electrons. The third kappa shape index (κ3) is 3.05. The number of thiophene rings is 1. The van der Waals surface area contributed by atoms with Crippen molar-refractivity contribution in [2.75, 3.05) is 0 Å². The van der Waals surface area contributed by atoms with Crippen molar-refractivity contribution in [1.29, 1.82) is 0 Å². The van der Waals surface area contributed by atoms with Gasteiger partial charge in [0.15, 0.2) is 5.65 Å². The van der Waals surface area contributed by atoms with E-state index in [2.05, 4.69) is 15.4 Å². The van der Waals surface area contributed by atoms with Crippen LogP contribution >= 0.6 is 11.3 Å². The number of fused-ring (bicyclic) bond motifs is 1. The molecular formula is C16H18N4O2S. The quantitative estimate of drug-likeness (QED) is 0.768. The second-order valence-electron chi connectivity index (χ2n) is 5.67. The summed E-state index contributed by atoms with van der Waals surface area (Å²) in [6.07, 6.45) is 0.766. The summed E-state index contributed by atoms with van der Waals surface area (Å²) >= 11 is 1.67. The van der Waals surface area contributed by atoms with Crippen LogP contribution in [-0.4, -0.2) is 26.7 Å². The molecule has 0 aliphatic carbocycles. The molecule has 0 aliphatic rings. The highest BCUT2D eigenvalue weighted by atomic mass is 32.1. The lowest BCUT2D eigenvalue weighted by atomic mass is 10.1. The van der Waals surface area contributed by atoms with Gasteiger partial charge in [0.05, 0.1) is 10.9 Å². The highest BCUT2D eigenvalue weighted by Crippen LogP contribution is 2.15. The number of aromatic nitrogens is 3. The molecule has 0 saturated carbocycles. The summed E-state index contributed by atoms with van der Waals surface area (Å²) < 4.78 is 1.54. The van der Waals surface area contributed by atoms with Gasteiger partial charge in [0.1, 0.15) is 0 Å². The predicted molar refractivity (Wildman–Crippen MR) is 91.0 cm³/mol. The van der Waals surface area contributed by atoms with E-state index in [1.54, 1.807) is 24.5 Å². The van der Waals surface area contributed by atoms with E-state index in [-0.39, 0.29) is 17.5 Å². The standard InChI is InChI=1S/C16H18N4O2S/c1-9(7-11-5-4-6-23-11)18-15(21)12-8-10(2)17-14-13(12)16(22)19-20(14)3/h4-6,8-9H,7H2,1-3H3,(H,18,21)(H,19,22)/t9-/m0/s1. The van der Waals surface area contributed by atoms with Gasteiger partial charge in [-0.3, -0.25) is 19.4 Å². The number of amides is 1. The van der Waals surface area contributed by atoms with Crippen LogP contribution in [-0.2, 0) is 13.5 Å². The first kappa shape index (κ1) is 15.5. The van der Waals surface area contributed by atoms with Gasteiger partial charge in [0.25, 0.3) is 11.5 Å². The molecule has 3 heterocycles. The average Bonchev–Trinajstić information content (AvgIpc) is 3.07. The Morgan fingerprint density at radius 2 is 2.30 bits per heavy atom. The molecule has 0 aromatic carbocycles. The highest BCUT2D eigenvalue weighted by Gasteiger charge is 2.19. The lowest BCUT2D eigenvalue weighted by Crippen LogP contribution is -2.34. The first-order chi connectivity index (χ1) is 11.0. The van der Waals surface area contributed by atoms with Gasteiger partial charge in [-0.25, -0.2) is 4.98 Å². The van der Waals surface area contributed by atoms with E-state index in [0.717, 1.165) is 6.42 Å². The molecule has 0 bridgehead atoms. The van der Waals surface area contributed by atoms with Crippen LogP contribution in [0.2, 0.25) is 0 Å². The Hall–Kier alpha value is -2.41. The molecule has 6 nitrogen and oxygen atoms in total. The number of aromatic amines is 1. The van der Waals surface area contributed by atoms with Crippen molar-refractivity contribution in [3.05, 3.63) is 50.1 Å². The molecule has 3 aromatic rings. The number of nitrogens with one attached hydrogen (secondary N) is 2. The number of hydrogen-bond donors (Lipinski definition) is 2. The van der Waals surface area contributed by atoms with E-state index < -0.39 is 0 Å². The Balaban J connectivity index is 1.90. The van der Waals surface area contributed by atoms with Crippen LogP contribution in [0, 0.1) is 6.92 Å². The molecule has 3 rings (SSSR count). The number of nitrogens with zero attached hydrogens (tertiary/aromatic N) is 2. The fourth-order valence-corrected chi connectivity index (χ4v) is 3.48. The summed E-state index contributed by atoms with van der Waals surface area (Å²) in [5.41, 5.74) is 1.26. The highest BCUT2D eigenvalue weighted by molar-refractivity contribution is 7.09. The van der Waals surface area contributed by atoms with E-state index in [4.69, 9.17) is 0 Å². The molecule has 0 unspecified atom stereocenters. The maximum Gasteiger partial charge on any atom is 0.274 e. The minimum absolute atomic E-state index is 0.0209. The van der Waals surface area contributed by atoms with Crippen molar-refractivity contribution in [3.63, 3.8) is 0 Å². The van der Waals surface area contributed by atoms with Crippen LogP contribution < -0.4 is 10.9 Å². The Morgan fingerprint density at radius 3 is 3.00 bits per heavy atom. The van der Waals surface area contributed by atoms with E-state index in [1.165, 1.54) is 9.56 Å². The van der Waals surface area contributed by atoms with Gasteiger partial charge in [0.2, 0.25) is 0 Å². The second kappa shape index (κ2) is 6.00. The van der Waals surface area contributed by atoms with Gasteiger partial charge in [0, 0.05) is 30.1 Å². The Kier molecular flexibility index (Phi) is 4.04. The van der Waals surface area contributed by atoms with Crippen LogP contribution in [0.25, 0.3) is 11.0 Å². The number of carbonyl (C=O) groups is 1. The molecule has 1 atom stereocenters. The number of H-pyrrole nitrogens is 1. The number of aryl methyl sites for hydroxylation is 2. The third-order valence-corrected chi connectivity index (χ3v) is 4.55. The number of carbonyl (C=O) groups excluding carboxylic acids is 1. The van der Waals surface area contributed by atoms with Crippen molar-refractivity contribution in [3.8, 4) is 0 Å². The normalized spacial score (nSPS) is 12.5. The van der Waals surface area contributed by atoms with E-state index in [9.17, 15) is 9.59 Å². The molecular weight excluding hydrogens is 312 g/mol. The molecule has 0 radical (unpaired) electrons. The Bertz CT molecular complexity index is 908. The molecule has 0 saturated heterocycles. The minimum atomic E-state index is -0.300. The van der Waals surface area contributed by atoms with Crippen LogP contribution in [0.4, 0.5) is 0 Å². The molecule has 3 aromatic heterocycles. The summed E-state index contributed by atoms with van der Waals surface area (Å²) in [6.45, 7) is 3.76. The second-order valence-corrected chi connectivity index (χ2v) is 6.70. The van der Waals surface area contributed by atoms with E-state index in [1.807, 2.05) is 31.4 Å². The Labute approximate surface area is 137 Å². The van der Waals surface area contributed by atoms with Crippen LogP contribution in [0.5, 0.6) is 0 Å². The van der Waals surface area contributed by atoms with Crippen molar-refractivity contribution >= 4 is 28.3 Å². The number of rotatable bonds is 4. The van der Waals surface area contributed by atoms with Gasteiger partial charge >= 0.3 is 0 Å². The summed E-state index contributed by atoms with van der Waals surface area (Å²) in [5.74, 6) is -0.249. The van der Waals surface area contributed by atoms with Crippen LogP contribution in [0.1, 0.15) is 27.9 Å². The minimum Gasteiger partial charge on any atom is -0.349 e. The van der Waals surface area contributed by atoms with Crippen molar-refractivity contribution in [2.24, 2.45) is 7.05 Å². The predicted octanol–water partition coefficient (Wildman–Crippen LogP) is 1.99. The first-order valence-electron chi connectivity index (χ1n) is 7.35. The number of pyridine rings is 1. The summed E-state index contributed by atoms with van der Waals surface area (Å²) in [4.78, 5) is 30.2. The van der Waals surface area contributed by atoms with Crippen LogP contribution in [0.3, 0.4) is 0 Å². The summed E-state index contributed by atoms with van der Waals surface area (Å²) in [5, 5.41) is 7.97. The lowest BCUT2D eigenvalue weighted by molar-refractivity contribution is 0.0941. The van der Waals surface area contributed by atoms with Gasteiger partial charge in [-0.1, -0.05) is 6.07 Å². The van der Waals surface area contributed by atoms with Gasteiger partial charge < -0.3 is 5.32 Å². The van der Waals surface area contributed by atoms with Gasteiger partial charge in [-0.2, -0.15) is 0 Å². The zero-order valence-electron chi connectivity index (χ0n) is 13.2. The number of hydrogen-bond acceptors (Lipinski definition) is 4. The fourth-order valence-electron chi connectivity index (χ4n) is 2.65. The monoisotopic (exact) mass is 330 g/mol. The van der Waals surface area contributed by atoms with Crippen molar-refractivity contribution in [1.82, 2.24) is 20.1 Å². The molecule has 7 heteroatoms. The summed E-state index contributed by atoms with van der Waals surface area (Å²) in [6, 6.07) is 5.68.